The van der Waals surface area contributed by atoms with Crippen LogP contribution in [-0.4, -0.2) is 46.6 Å². The number of rotatable bonds is 8. The van der Waals surface area contributed by atoms with Gasteiger partial charge in [0.15, 0.2) is 0 Å². The summed E-state index contributed by atoms with van der Waals surface area (Å²) in [6, 6.07) is 17.5. The van der Waals surface area contributed by atoms with E-state index in [9.17, 15) is 19.8 Å². The summed E-state index contributed by atoms with van der Waals surface area (Å²) < 4.78 is 5.44. The van der Waals surface area contributed by atoms with E-state index >= 15 is 0 Å². The Morgan fingerprint density at radius 3 is 2.25 bits per heavy atom. The van der Waals surface area contributed by atoms with Crippen LogP contribution in [0.1, 0.15) is 44.8 Å². The van der Waals surface area contributed by atoms with Gasteiger partial charge >= 0.3 is 12.1 Å². The number of benzene rings is 2. The zero-order valence-electron chi connectivity index (χ0n) is 17.1. The Balaban J connectivity index is 1.27. The van der Waals surface area contributed by atoms with Crippen LogP contribution < -0.4 is 5.32 Å². The van der Waals surface area contributed by atoms with Gasteiger partial charge in [-0.15, -0.1) is 11.3 Å². The van der Waals surface area contributed by atoms with Crippen LogP contribution in [0, 0.1) is 0 Å². The topological polar surface area (TPSA) is 116 Å². The highest BCUT2D eigenvalue weighted by atomic mass is 32.1. The minimum absolute atomic E-state index is 0.0391. The summed E-state index contributed by atoms with van der Waals surface area (Å²) in [7, 11) is 0. The lowest BCUT2D eigenvalue weighted by Crippen LogP contribution is -2.30. The molecule has 1 aliphatic carbocycles. The van der Waals surface area contributed by atoms with E-state index in [1.807, 2.05) is 36.4 Å². The maximum absolute atomic E-state index is 12.2. The summed E-state index contributed by atoms with van der Waals surface area (Å²) in [5.41, 5.74) is 4.60. The number of nitrogens with one attached hydrogen (secondary N) is 1. The van der Waals surface area contributed by atoms with E-state index < -0.39 is 24.3 Å². The third kappa shape index (κ3) is 4.52. The molecule has 1 aromatic heterocycles. The molecule has 0 radical (unpaired) electrons. The van der Waals surface area contributed by atoms with E-state index in [0.717, 1.165) is 33.6 Å². The Kier molecular flexibility index (Phi) is 6.55. The number of carboxylic acid groups (broad SMARTS) is 1. The van der Waals surface area contributed by atoms with Crippen molar-refractivity contribution in [2.75, 3.05) is 13.2 Å². The zero-order chi connectivity index (χ0) is 22.7. The van der Waals surface area contributed by atoms with Crippen molar-refractivity contribution < 1.29 is 29.6 Å². The molecule has 2 aromatic carbocycles. The Morgan fingerprint density at radius 2 is 1.66 bits per heavy atom. The standard InChI is InChI=1S/C24H23NO6S/c26-20(22(27)21-11-14(13-32-21)23(28)29)9-10-25-24(30)31-12-19-17-7-3-1-5-15(17)16-6-2-4-8-18(16)19/h1-8,11,13,19-20,22,26-27H,9-10,12H2,(H,25,30)(H,28,29). The van der Waals surface area contributed by atoms with E-state index in [2.05, 4.69) is 17.4 Å². The van der Waals surface area contributed by atoms with Gasteiger partial charge < -0.3 is 25.4 Å². The molecule has 1 heterocycles. The Morgan fingerprint density at radius 1 is 1.03 bits per heavy atom. The van der Waals surface area contributed by atoms with E-state index in [1.165, 1.54) is 11.4 Å². The number of aliphatic hydroxyl groups excluding tert-OH is 2. The fraction of sp³-hybridized carbons (Fsp3) is 0.250. The second kappa shape index (κ2) is 9.52. The molecule has 1 amide bonds. The molecule has 166 valence electrons. The second-order valence-corrected chi connectivity index (χ2v) is 8.54. The van der Waals surface area contributed by atoms with Crippen LogP contribution in [-0.2, 0) is 4.74 Å². The van der Waals surface area contributed by atoms with E-state index in [0.29, 0.717) is 4.88 Å². The maximum Gasteiger partial charge on any atom is 0.407 e. The number of carbonyl (C=O) groups is 2. The number of aliphatic hydroxyl groups is 2. The molecule has 2 unspecified atom stereocenters. The van der Waals surface area contributed by atoms with E-state index in [-0.39, 0.29) is 31.1 Å². The Bertz CT molecular complexity index is 1080. The quantitative estimate of drug-likeness (QED) is 0.413. The summed E-state index contributed by atoms with van der Waals surface area (Å²) in [5, 5.41) is 33.3. The number of carbonyl (C=O) groups excluding carboxylic acids is 1. The molecule has 4 rings (SSSR count). The number of ether oxygens (including phenoxy) is 1. The third-order valence-electron chi connectivity index (χ3n) is 5.58. The van der Waals surface area contributed by atoms with Crippen LogP contribution in [0.4, 0.5) is 4.79 Å². The summed E-state index contributed by atoms with van der Waals surface area (Å²) in [6.45, 7) is 0.296. The van der Waals surface area contributed by atoms with Gasteiger partial charge in [-0.25, -0.2) is 9.59 Å². The SMILES string of the molecule is O=C(NCCC(O)C(O)c1cc(C(=O)O)cs1)OCC1c2ccccc2-c2ccccc21. The fourth-order valence-electron chi connectivity index (χ4n) is 3.94. The van der Waals surface area contributed by atoms with Crippen molar-refractivity contribution in [2.24, 2.45) is 0 Å². The first kappa shape index (κ1) is 22.0. The highest BCUT2D eigenvalue weighted by Crippen LogP contribution is 2.44. The molecular formula is C24H23NO6S. The number of alkyl carbamates (subject to hydrolysis) is 1. The first-order valence-corrected chi connectivity index (χ1v) is 11.1. The van der Waals surface area contributed by atoms with Crippen LogP contribution in [0.2, 0.25) is 0 Å². The molecule has 0 spiro atoms. The largest absolute Gasteiger partial charge is 0.478 e. The number of carboxylic acids is 1. The lowest BCUT2D eigenvalue weighted by atomic mass is 9.98. The number of aromatic carboxylic acids is 1. The molecular weight excluding hydrogens is 430 g/mol. The lowest BCUT2D eigenvalue weighted by Gasteiger charge is -2.17. The minimum Gasteiger partial charge on any atom is -0.478 e. The van der Waals surface area contributed by atoms with Gasteiger partial charge in [-0.2, -0.15) is 0 Å². The van der Waals surface area contributed by atoms with Gasteiger partial charge in [0.2, 0.25) is 0 Å². The van der Waals surface area contributed by atoms with Gasteiger partial charge in [-0.1, -0.05) is 48.5 Å². The molecule has 0 bridgehead atoms. The number of hydrogen-bond acceptors (Lipinski definition) is 6. The van der Waals surface area contributed by atoms with Crippen LogP contribution in [0.5, 0.6) is 0 Å². The first-order chi connectivity index (χ1) is 15.5. The molecule has 32 heavy (non-hydrogen) atoms. The number of thiophene rings is 1. The second-order valence-electron chi connectivity index (χ2n) is 7.60. The number of hydrogen-bond donors (Lipinski definition) is 4. The molecule has 4 N–H and O–H groups in total. The van der Waals surface area contributed by atoms with Crippen molar-refractivity contribution in [2.45, 2.75) is 24.5 Å². The number of fused-ring (bicyclic) bond motifs is 3. The summed E-state index contributed by atoms with van der Waals surface area (Å²) in [4.78, 5) is 23.5. The average Bonchev–Trinajstić information content (AvgIpc) is 3.41. The Hall–Kier alpha value is -3.20. The smallest absolute Gasteiger partial charge is 0.407 e. The van der Waals surface area contributed by atoms with Crippen molar-refractivity contribution in [3.05, 3.63) is 81.5 Å². The molecule has 0 aliphatic heterocycles. The third-order valence-corrected chi connectivity index (χ3v) is 6.58. The van der Waals surface area contributed by atoms with Gasteiger partial charge in [-0.05, 0) is 34.7 Å². The normalized spacial score (nSPS) is 14.3. The summed E-state index contributed by atoms with van der Waals surface area (Å²) in [5.74, 6) is -1.13. The Labute approximate surface area is 188 Å². The predicted molar refractivity (Wildman–Crippen MR) is 120 cm³/mol. The summed E-state index contributed by atoms with van der Waals surface area (Å²) in [6.07, 6.45) is -2.88. The van der Waals surface area contributed by atoms with Gasteiger partial charge in [0.25, 0.3) is 0 Å². The molecule has 8 heteroatoms. The van der Waals surface area contributed by atoms with E-state index in [4.69, 9.17) is 9.84 Å². The molecule has 2 atom stereocenters. The van der Waals surface area contributed by atoms with Crippen molar-refractivity contribution in [3.8, 4) is 11.1 Å². The van der Waals surface area contributed by atoms with Crippen molar-refractivity contribution in [1.82, 2.24) is 5.32 Å². The number of amides is 1. The lowest BCUT2D eigenvalue weighted by molar-refractivity contribution is 0.0157. The fourth-order valence-corrected chi connectivity index (χ4v) is 4.86. The summed E-state index contributed by atoms with van der Waals surface area (Å²) >= 11 is 1.06. The van der Waals surface area contributed by atoms with Gasteiger partial charge in [0.05, 0.1) is 11.7 Å². The monoisotopic (exact) mass is 453 g/mol. The van der Waals surface area contributed by atoms with Crippen LogP contribution >= 0.6 is 11.3 Å². The maximum atomic E-state index is 12.2. The molecule has 0 saturated heterocycles. The highest BCUT2D eigenvalue weighted by molar-refractivity contribution is 7.10. The predicted octanol–water partition coefficient (Wildman–Crippen LogP) is 3.77. The van der Waals surface area contributed by atoms with Crippen molar-refractivity contribution >= 4 is 23.4 Å². The van der Waals surface area contributed by atoms with E-state index in [1.54, 1.807) is 0 Å². The molecule has 1 aliphatic rings. The van der Waals surface area contributed by atoms with Crippen molar-refractivity contribution in [3.63, 3.8) is 0 Å². The van der Waals surface area contributed by atoms with Crippen LogP contribution in [0.25, 0.3) is 11.1 Å². The zero-order valence-corrected chi connectivity index (χ0v) is 17.9. The average molecular weight is 454 g/mol. The van der Waals surface area contributed by atoms with Crippen LogP contribution in [0.15, 0.2) is 60.0 Å². The molecule has 3 aromatic rings. The van der Waals surface area contributed by atoms with Gasteiger partial charge in [0.1, 0.15) is 12.7 Å². The van der Waals surface area contributed by atoms with Crippen molar-refractivity contribution in [1.29, 1.82) is 0 Å². The first-order valence-electron chi connectivity index (χ1n) is 10.2. The molecule has 0 fully saturated rings. The van der Waals surface area contributed by atoms with Gasteiger partial charge in [-0.3, -0.25) is 0 Å². The van der Waals surface area contributed by atoms with Gasteiger partial charge in [0, 0.05) is 22.7 Å². The minimum atomic E-state index is -1.22. The highest BCUT2D eigenvalue weighted by Gasteiger charge is 2.29. The molecule has 0 saturated carbocycles. The van der Waals surface area contributed by atoms with Crippen LogP contribution in [0.3, 0.4) is 0 Å². The molecule has 7 nitrogen and oxygen atoms in total.